The van der Waals surface area contributed by atoms with Crippen LogP contribution in [-0.2, 0) is 0 Å². The lowest BCUT2D eigenvalue weighted by molar-refractivity contribution is 0.484. The van der Waals surface area contributed by atoms with Gasteiger partial charge >= 0.3 is 0 Å². The van der Waals surface area contributed by atoms with Crippen LogP contribution in [0.5, 0.6) is 0 Å². The van der Waals surface area contributed by atoms with Crippen LogP contribution in [0.1, 0.15) is 12.8 Å². The van der Waals surface area contributed by atoms with Gasteiger partial charge < -0.3 is 4.90 Å². The summed E-state index contributed by atoms with van der Waals surface area (Å²) in [5.74, 6) is 0.839. The molecule has 0 aromatic rings. The van der Waals surface area contributed by atoms with Gasteiger partial charge in [-0.1, -0.05) is 11.8 Å². The molecule has 3 nitrogen and oxygen atoms in total. The Hall–Kier alpha value is -0.690. The number of rotatable bonds is 2. The molecule has 0 heterocycles. The molecule has 0 spiro atoms. The van der Waals surface area contributed by atoms with Gasteiger partial charge in [-0.05, 0) is 25.0 Å². The Balaban J connectivity index is 2.41. The summed E-state index contributed by atoms with van der Waals surface area (Å²) in [7, 11) is 1.99. The minimum atomic E-state index is 0.824. The molecular formula is C8H13N3S. The van der Waals surface area contributed by atoms with E-state index in [4.69, 9.17) is 5.26 Å². The first-order chi connectivity index (χ1) is 5.77. The lowest BCUT2D eigenvalue weighted by Crippen LogP contribution is -2.26. The van der Waals surface area contributed by atoms with Crippen molar-refractivity contribution in [2.24, 2.45) is 10.9 Å². The molecule has 0 saturated heterocycles. The lowest BCUT2D eigenvalue weighted by Gasteiger charge is -2.17. The third-order valence-electron chi connectivity index (χ3n) is 1.88. The molecule has 1 rings (SSSR count). The second-order valence-electron chi connectivity index (χ2n) is 3.02. The number of nitrogens with zero attached hydrogens (tertiary/aromatic N) is 3. The first kappa shape index (κ1) is 9.40. The van der Waals surface area contributed by atoms with E-state index in [1.54, 1.807) is 0 Å². The van der Waals surface area contributed by atoms with Crippen LogP contribution in [0.3, 0.4) is 0 Å². The van der Waals surface area contributed by atoms with Crippen LogP contribution >= 0.6 is 11.8 Å². The number of amidine groups is 1. The molecule has 0 atom stereocenters. The van der Waals surface area contributed by atoms with Gasteiger partial charge in [-0.15, -0.1) is 4.99 Å². The van der Waals surface area contributed by atoms with Gasteiger partial charge in [-0.25, -0.2) is 0 Å². The first-order valence-corrected chi connectivity index (χ1v) is 5.22. The molecule has 0 aromatic carbocycles. The van der Waals surface area contributed by atoms with Crippen LogP contribution in [0.2, 0.25) is 0 Å². The molecule has 12 heavy (non-hydrogen) atoms. The fourth-order valence-electron chi connectivity index (χ4n) is 1.10. The normalized spacial score (nSPS) is 17.2. The van der Waals surface area contributed by atoms with Gasteiger partial charge in [-0.2, -0.15) is 5.26 Å². The van der Waals surface area contributed by atoms with Gasteiger partial charge in [0.05, 0.1) is 0 Å². The smallest absolute Gasteiger partial charge is 0.208 e. The maximum absolute atomic E-state index is 8.39. The molecule has 0 N–H and O–H groups in total. The average Bonchev–Trinajstić information content (AvgIpc) is 2.83. The maximum atomic E-state index is 8.39. The van der Waals surface area contributed by atoms with Crippen molar-refractivity contribution in [2.75, 3.05) is 19.8 Å². The average molecular weight is 183 g/mol. The van der Waals surface area contributed by atoms with Crippen LogP contribution in [0, 0.1) is 17.4 Å². The topological polar surface area (TPSA) is 39.4 Å². The van der Waals surface area contributed by atoms with E-state index in [9.17, 15) is 0 Å². The third kappa shape index (κ3) is 2.74. The fourth-order valence-corrected chi connectivity index (χ4v) is 1.61. The highest BCUT2D eigenvalue weighted by Gasteiger charge is 2.23. The fraction of sp³-hybridized carbons (Fsp3) is 0.750. The van der Waals surface area contributed by atoms with Crippen molar-refractivity contribution in [2.45, 2.75) is 12.8 Å². The Morgan fingerprint density at radius 2 is 2.42 bits per heavy atom. The van der Waals surface area contributed by atoms with Crippen molar-refractivity contribution in [3.05, 3.63) is 0 Å². The maximum Gasteiger partial charge on any atom is 0.208 e. The van der Waals surface area contributed by atoms with E-state index in [0.717, 1.165) is 17.6 Å². The molecule has 0 amide bonds. The van der Waals surface area contributed by atoms with Gasteiger partial charge in [0.1, 0.15) is 0 Å². The highest BCUT2D eigenvalue weighted by Crippen LogP contribution is 2.29. The van der Waals surface area contributed by atoms with Crippen LogP contribution in [-0.4, -0.2) is 29.9 Å². The highest BCUT2D eigenvalue weighted by atomic mass is 32.2. The number of hydrogen-bond acceptors (Lipinski definition) is 3. The second-order valence-corrected chi connectivity index (χ2v) is 3.80. The summed E-state index contributed by atoms with van der Waals surface area (Å²) in [5, 5.41) is 9.21. The van der Waals surface area contributed by atoms with Gasteiger partial charge in [0.15, 0.2) is 5.17 Å². The van der Waals surface area contributed by atoms with Gasteiger partial charge in [-0.3, -0.25) is 0 Å². The summed E-state index contributed by atoms with van der Waals surface area (Å²) in [6.07, 6.45) is 6.43. The number of hydrogen-bond donors (Lipinski definition) is 0. The SMILES string of the molecule is CSC(=NC#N)N(C)CC1CC1. The van der Waals surface area contributed by atoms with Crippen LogP contribution in [0.25, 0.3) is 0 Å². The minimum absolute atomic E-state index is 0.824. The molecule has 0 unspecified atom stereocenters. The lowest BCUT2D eigenvalue weighted by atomic mass is 10.4. The van der Waals surface area contributed by atoms with Gasteiger partial charge in [0.2, 0.25) is 6.19 Å². The van der Waals surface area contributed by atoms with Crippen molar-refractivity contribution in [1.29, 1.82) is 5.26 Å². The van der Waals surface area contributed by atoms with Crippen molar-refractivity contribution >= 4 is 16.9 Å². The molecule has 4 heteroatoms. The molecule has 1 saturated carbocycles. The van der Waals surface area contributed by atoms with Crippen molar-refractivity contribution in [3.8, 4) is 6.19 Å². The van der Waals surface area contributed by atoms with E-state index in [-0.39, 0.29) is 0 Å². The summed E-state index contributed by atoms with van der Waals surface area (Å²) in [5.41, 5.74) is 0. The molecule has 1 aliphatic carbocycles. The van der Waals surface area contributed by atoms with Crippen molar-refractivity contribution in [1.82, 2.24) is 4.90 Å². The Labute approximate surface area is 77.5 Å². The Morgan fingerprint density at radius 1 is 1.75 bits per heavy atom. The van der Waals surface area contributed by atoms with E-state index in [2.05, 4.69) is 9.89 Å². The van der Waals surface area contributed by atoms with Gasteiger partial charge in [0.25, 0.3) is 0 Å². The molecule has 0 aliphatic heterocycles. The Kier molecular flexibility index (Phi) is 3.42. The number of thioether (sulfide) groups is 1. The largest absolute Gasteiger partial charge is 0.353 e. The van der Waals surface area contributed by atoms with E-state index in [1.165, 1.54) is 24.6 Å². The van der Waals surface area contributed by atoms with Crippen LogP contribution in [0.4, 0.5) is 0 Å². The molecule has 1 fully saturated rings. The van der Waals surface area contributed by atoms with E-state index in [0.29, 0.717) is 0 Å². The zero-order chi connectivity index (χ0) is 8.97. The predicted molar refractivity (Wildman–Crippen MR) is 51.9 cm³/mol. The predicted octanol–water partition coefficient (Wildman–Crippen LogP) is 1.53. The second kappa shape index (κ2) is 4.36. The molecule has 0 bridgehead atoms. The van der Waals surface area contributed by atoms with E-state index in [1.807, 2.05) is 19.5 Å². The zero-order valence-corrected chi connectivity index (χ0v) is 8.27. The summed E-state index contributed by atoms with van der Waals surface area (Å²) in [4.78, 5) is 5.80. The minimum Gasteiger partial charge on any atom is -0.353 e. The molecule has 1 aliphatic rings. The van der Waals surface area contributed by atoms with Crippen molar-refractivity contribution in [3.63, 3.8) is 0 Å². The molecule has 0 aromatic heterocycles. The quantitative estimate of drug-likeness (QED) is 0.370. The highest BCUT2D eigenvalue weighted by molar-refractivity contribution is 8.13. The Morgan fingerprint density at radius 3 is 2.83 bits per heavy atom. The third-order valence-corrected chi connectivity index (χ3v) is 2.65. The van der Waals surface area contributed by atoms with E-state index >= 15 is 0 Å². The van der Waals surface area contributed by atoms with Crippen molar-refractivity contribution < 1.29 is 0 Å². The zero-order valence-electron chi connectivity index (χ0n) is 7.45. The summed E-state index contributed by atoms with van der Waals surface area (Å²) in [6, 6.07) is 0. The monoisotopic (exact) mass is 183 g/mol. The molecule has 66 valence electrons. The Bertz CT molecular complexity index is 215. The van der Waals surface area contributed by atoms with Crippen LogP contribution in [0.15, 0.2) is 4.99 Å². The summed E-state index contributed by atoms with van der Waals surface area (Å²) < 4.78 is 0. The van der Waals surface area contributed by atoms with E-state index < -0.39 is 0 Å². The number of aliphatic imine (C=N–C) groups is 1. The van der Waals surface area contributed by atoms with Gasteiger partial charge in [0, 0.05) is 13.6 Å². The number of nitriles is 1. The summed E-state index contributed by atoms with van der Waals surface area (Å²) in [6.45, 7) is 1.04. The van der Waals surface area contributed by atoms with Crippen LogP contribution < -0.4 is 0 Å². The molecular weight excluding hydrogens is 170 g/mol. The summed E-state index contributed by atoms with van der Waals surface area (Å²) >= 11 is 1.53. The standard InChI is InChI=1S/C8H13N3S/c1-11(5-7-3-4-7)8(12-2)10-6-9/h7H,3-5H2,1-2H3. The first-order valence-electron chi connectivity index (χ1n) is 3.99. The molecule has 0 radical (unpaired) electrons.